The Balaban J connectivity index is 1.58. The Morgan fingerprint density at radius 1 is 0.686 bits per heavy atom. The maximum atomic E-state index is 13.9. The van der Waals surface area contributed by atoms with Gasteiger partial charge < -0.3 is 0 Å². The molecule has 2 nitrogen and oxygen atoms in total. The van der Waals surface area contributed by atoms with Crippen LogP contribution in [0.1, 0.15) is 11.1 Å². The van der Waals surface area contributed by atoms with Gasteiger partial charge in [0.1, 0.15) is 11.6 Å². The van der Waals surface area contributed by atoms with Crippen molar-refractivity contribution in [3.8, 4) is 28.5 Å². The van der Waals surface area contributed by atoms with Crippen LogP contribution in [0.4, 0.5) is 8.78 Å². The van der Waals surface area contributed by atoms with Crippen LogP contribution >= 0.6 is 0 Å². The van der Waals surface area contributed by atoms with E-state index in [0.717, 1.165) is 60.8 Å². The highest BCUT2D eigenvalue weighted by Gasteiger charge is 2.14. The summed E-state index contributed by atoms with van der Waals surface area (Å²) in [4.78, 5) is 4.68. The molecule has 35 heavy (non-hydrogen) atoms. The number of benzene rings is 5. The number of halogens is 2. The van der Waals surface area contributed by atoms with Crippen molar-refractivity contribution in [2.45, 2.75) is 6.92 Å². The minimum atomic E-state index is -0.596. The molecule has 0 atom stereocenters. The molecule has 0 aliphatic heterocycles. The van der Waals surface area contributed by atoms with Gasteiger partial charge in [-0.05, 0) is 80.9 Å². The van der Waals surface area contributed by atoms with Crippen LogP contribution in [0.25, 0.3) is 54.7 Å². The van der Waals surface area contributed by atoms with Crippen LogP contribution in [0.5, 0.6) is 0 Å². The monoisotopic (exact) mass is 456 g/mol. The van der Waals surface area contributed by atoms with Crippen LogP contribution < -0.4 is 0 Å². The molecule has 166 valence electrons. The van der Waals surface area contributed by atoms with Gasteiger partial charge in [-0.25, -0.2) is 8.78 Å². The van der Waals surface area contributed by atoms with Gasteiger partial charge in [0.15, 0.2) is 0 Å². The SMILES string of the molecule is Cc1c(-c2cc(F)cc(F)c2)ccc2c1ccc1c(-c3cc(C#N)c4ccccc4c3)nccc12. The lowest BCUT2D eigenvalue weighted by atomic mass is 9.91. The molecule has 6 rings (SSSR count). The average molecular weight is 456 g/mol. The fraction of sp³-hybridized carbons (Fsp3) is 0.0323. The van der Waals surface area contributed by atoms with Crippen molar-refractivity contribution in [1.29, 1.82) is 5.26 Å². The molecule has 1 heterocycles. The Morgan fingerprint density at radius 3 is 2.20 bits per heavy atom. The molecule has 4 heteroatoms. The van der Waals surface area contributed by atoms with Crippen LogP contribution in [0, 0.1) is 29.9 Å². The van der Waals surface area contributed by atoms with E-state index in [1.54, 1.807) is 6.20 Å². The van der Waals surface area contributed by atoms with E-state index in [-0.39, 0.29) is 0 Å². The molecule has 0 spiro atoms. The Morgan fingerprint density at radius 2 is 1.40 bits per heavy atom. The second-order valence-electron chi connectivity index (χ2n) is 8.67. The molecule has 0 saturated carbocycles. The molecule has 6 aromatic rings. The summed E-state index contributed by atoms with van der Waals surface area (Å²) < 4.78 is 27.7. The zero-order valence-electron chi connectivity index (χ0n) is 18.8. The number of hydrogen-bond donors (Lipinski definition) is 0. The van der Waals surface area contributed by atoms with Crippen LogP contribution in [0.2, 0.25) is 0 Å². The molecule has 0 radical (unpaired) electrons. The van der Waals surface area contributed by atoms with Gasteiger partial charge in [-0.2, -0.15) is 5.26 Å². The van der Waals surface area contributed by atoms with Crippen molar-refractivity contribution in [1.82, 2.24) is 4.98 Å². The first kappa shape index (κ1) is 20.9. The summed E-state index contributed by atoms with van der Waals surface area (Å²) in [6.45, 7) is 1.97. The van der Waals surface area contributed by atoms with Gasteiger partial charge in [0.05, 0.1) is 17.3 Å². The summed E-state index contributed by atoms with van der Waals surface area (Å²) in [5.74, 6) is -1.19. The van der Waals surface area contributed by atoms with Gasteiger partial charge in [0.2, 0.25) is 0 Å². The van der Waals surface area contributed by atoms with Crippen LogP contribution in [0.3, 0.4) is 0 Å². The minimum Gasteiger partial charge on any atom is -0.256 e. The third kappa shape index (κ3) is 3.41. The van der Waals surface area contributed by atoms with Crippen molar-refractivity contribution < 1.29 is 8.78 Å². The summed E-state index contributed by atoms with van der Waals surface area (Å²) in [7, 11) is 0. The Hall–Kier alpha value is -4.62. The van der Waals surface area contributed by atoms with Crippen molar-refractivity contribution in [2.75, 3.05) is 0 Å². The highest BCUT2D eigenvalue weighted by molar-refractivity contribution is 6.13. The second kappa shape index (κ2) is 8.00. The van der Waals surface area contributed by atoms with E-state index in [1.165, 1.54) is 12.1 Å². The lowest BCUT2D eigenvalue weighted by Gasteiger charge is -2.14. The zero-order chi connectivity index (χ0) is 24.1. The first-order valence-corrected chi connectivity index (χ1v) is 11.2. The molecule has 0 amide bonds. The van der Waals surface area contributed by atoms with Crippen LogP contribution in [-0.2, 0) is 0 Å². The quantitative estimate of drug-likeness (QED) is 0.246. The smallest absolute Gasteiger partial charge is 0.126 e. The molecule has 0 fully saturated rings. The molecular formula is C31H18F2N2. The van der Waals surface area contributed by atoms with E-state index >= 15 is 0 Å². The maximum absolute atomic E-state index is 13.9. The van der Waals surface area contributed by atoms with E-state index in [4.69, 9.17) is 0 Å². The fourth-order valence-electron chi connectivity index (χ4n) is 5.01. The molecule has 0 N–H and O–H groups in total. The lowest BCUT2D eigenvalue weighted by molar-refractivity contribution is 0.584. The van der Waals surface area contributed by atoms with E-state index in [9.17, 15) is 14.0 Å². The first-order valence-electron chi connectivity index (χ1n) is 11.2. The van der Waals surface area contributed by atoms with Gasteiger partial charge >= 0.3 is 0 Å². The van der Waals surface area contributed by atoms with Gasteiger partial charge in [-0.15, -0.1) is 0 Å². The predicted octanol–water partition coefficient (Wildman–Crippen LogP) is 8.33. The number of pyridine rings is 1. The van der Waals surface area contributed by atoms with Crippen molar-refractivity contribution in [3.63, 3.8) is 0 Å². The standard InChI is InChI=1S/C31H18F2N2/c1-18-25(20-14-23(32)16-24(33)15-20)6-8-28-26(18)7-9-30-29(28)10-11-35-31(30)21-12-19-4-2-3-5-27(19)22(13-21)17-34/h2-16H,1H3. The van der Waals surface area contributed by atoms with E-state index < -0.39 is 11.6 Å². The summed E-state index contributed by atoms with van der Waals surface area (Å²) in [5.41, 5.74) is 4.55. The molecule has 1 aromatic heterocycles. The number of nitrogens with zero attached hydrogens (tertiary/aromatic N) is 2. The topological polar surface area (TPSA) is 36.7 Å². The van der Waals surface area contributed by atoms with Gasteiger partial charge in [0.25, 0.3) is 0 Å². The number of nitriles is 1. The molecule has 0 saturated heterocycles. The first-order chi connectivity index (χ1) is 17.0. The summed E-state index contributed by atoms with van der Waals surface area (Å²) in [5, 5.41) is 15.7. The minimum absolute atomic E-state index is 0.512. The number of fused-ring (bicyclic) bond motifs is 4. The Kier molecular flexibility index (Phi) is 4.79. The largest absolute Gasteiger partial charge is 0.256 e. The summed E-state index contributed by atoms with van der Waals surface area (Å²) in [6, 6.07) is 27.6. The number of hydrogen-bond acceptors (Lipinski definition) is 2. The maximum Gasteiger partial charge on any atom is 0.126 e. The molecule has 0 unspecified atom stereocenters. The lowest BCUT2D eigenvalue weighted by Crippen LogP contribution is -1.92. The van der Waals surface area contributed by atoms with E-state index in [0.29, 0.717) is 11.1 Å². The second-order valence-corrected chi connectivity index (χ2v) is 8.67. The molecule has 0 aliphatic rings. The highest BCUT2D eigenvalue weighted by Crippen LogP contribution is 2.37. The Bertz CT molecular complexity index is 1830. The number of aromatic nitrogens is 1. The molecular weight excluding hydrogens is 438 g/mol. The van der Waals surface area contributed by atoms with Crippen molar-refractivity contribution in [3.05, 3.63) is 114 Å². The normalized spacial score (nSPS) is 11.3. The zero-order valence-corrected chi connectivity index (χ0v) is 18.8. The van der Waals surface area contributed by atoms with Crippen LogP contribution in [-0.4, -0.2) is 4.98 Å². The van der Waals surface area contributed by atoms with Gasteiger partial charge in [-0.3, -0.25) is 4.98 Å². The van der Waals surface area contributed by atoms with E-state index in [1.807, 2.05) is 67.6 Å². The van der Waals surface area contributed by atoms with E-state index in [2.05, 4.69) is 17.1 Å². The molecule has 0 bridgehead atoms. The Labute approximate surface area is 200 Å². The number of rotatable bonds is 2. The van der Waals surface area contributed by atoms with Gasteiger partial charge in [0, 0.05) is 23.2 Å². The average Bonchev–Trinajstić information content (AvgIpc) is 2.87. The van der Waals surface area contributed by atoms with Crippen molar-refractivity contribution >= 4 is 32.3 Å². The highest BCUT2D eigenvalue weighted by atomic mass is 19.1. The molecule has 0 aliphatic carbocycles. The molecule has 5 aromatic carbocycles. The third-order valence-electron chi connectivity index (χ3n) is 6.64. The van der Waals surface area contributed by atoms with Crippen LogP contribution in [0.15, 0.2) is 91.1 Å². The number of aryl methyl sites for hydroxylation is 1. The summed E-state index contributed by atoms with van der Waals surface area (Å²) in [6.07, 6.45) is 1.78. The predicted molar refractivity (Wildman–Crippen MR) is 137 cm³/mol. The van der Waals surface area contributed by atoms with Gasteiger partial charge in [-0.1, -0.05) is 48.5 Å². The fourth-order valence-corrected chi connectivity index (χ4v) is 5.01. The van der Waals surface area contributed by atoms with Crippen molar-refractivity contribution in [2.24, 2.45) is 0 Å². The third-order valence-corrected chi connectivity index (χ3v) is 6.64. The summed E-state index contributed by atoms with van der Waals surface area (Å²) >= 11 is 0.